The SMILES string of the molecule is CC(=O)OCC1(C(=O)O)CS[C@@H]2C(NC(=O)C(=C(Cl)Cl)c3ccc(Cl)s3)C(=O)N2C1. The van der Waals surface area contributed by atoms with Gasteiger partial charge >= 0.3 is 11.9 Å². The summed E-state index contributed by atoms with van der Waals surface area (Å²) in [7, 11) is 0. The van der Waals surface area contributed by atoms with Crippen LogP contribution in [-0.4, -0.2) is 64.1 Å². The number of carboxylic acids is 1. The number of hydrogen-bond donors (Lipinski definition) is 2. The Bertz CT molecular complexity index is 948. The molecule has 0 aliphatic carbocycles. The van der Waals surface area contributed by atoms with Crippen LogP contribution in [0.5, 0.6) is 0 Å². The lowest BCUT2D eigenvalue weighted by molar-refractivity contribution is -0.164. The lowest BCUT2D eigenvalue weighted by Gasteiger charge is -2.53. The van der Waals surface area contributed by atoms with E-state index in [0.29, 0.717) is 9.21 Å². The van der Waals surface area contributed by atoms with Crippen molar-refractivity contribution in [2.24, 2.45) is 5.41 Å². The van der Waals surface area contributed by atoms with Crippen molar-refractivity contribution < 1.29 is 29.0 Å². The molecule has 0 saturated carbocycles. The van der Waals surface area contributed by atoms with Crippen LogP contribution in [0, 0.1) is 5.41 Å². The van der Waals surface area contributed by atoms with E-state index in [1.54, 1.807) is 12.1 Å². The molecule has 2 fully saturated rings. The number of thiophene rings is 1. The quantitative estimate of drug-likeness (QED) is 0.341. The standard InChI is InChI=1S/C17H15Cl3N2O6S2/c1-7(23)28-5-17(16(26)27)4-22-14(25)11(15(22)29-6-17)21-13(24)10(12(19)20)8-2-3-9(18)30-8/h2-3,11,15H,4-6H2,1H3,(H,21,24)(H,26,27)/t11?,15-,17?/m1/s1. The molecule has 162 valence electrons. The first kappa shape index (κ1) is 23.2. The molecule has 3 rings (SSSR count). The van der Waals surface area contributed by atoms with Crippen molar-refractivity contribution in [1.29, 1.82) is 0 Å². The normalized spacial score (nSPS) is 25.1. The van der Waals surface area contributed by atoms with Crippen LogP contribution in [0.15, 0.2) is 16.6 Å². The smallest absolute Gasteiger partial charge is 0.315 e. The molecule has 2 N–H and O–H groups in total. The average molecular weight is 514 g/mol. The maximum atomic E-state index is 12.7. The lowest BCUT2D eigenvalue weighted by atomic mass is 9.88. The van der Waals surface area contributed by atoms with Crippen molar-refractivity contribution in [2.75, 3.05) is 18.9 Å². The molecule has 2 unspecified atom stereocenters. The number of carbonyl (C=O) groups is 4. The second-order valence-electron chi connectivity index (χ2n) is 6.72. The third-order valence-electron chi connectivity index (χ3n) is 4.67. The molecule has 0 bridgehead atoms. The van der Waals surface area contributed by atoms with Crippen LogP contribution in [0.25, 0.3) is 5.57 Å². The number of amides is 2. The Kier molecular flexibility index (Phi) is 6.93. The molecule has 3 atom stereocenters. The van der Waals surface area contributed by atoms with Crippen molar-refractivity contribution >= 4 is 87.2 Å². The molecular weight excluding hydrogens is 499 g/mol. The molecular formula is C17H15Cl3N2O6S2. The van der Waals surface area contributed by atoms with Gasteiger partial charge in [-0.25, -0.2) is 0 Å². The van der Waals surface area contributed by atoms with Gasteiger partial charge < -0.3 is 20.1 Å². The van der Waals surface area contributed by atoms with Gasteiger partial charge in [0.05, 0.1) is 9.91 Å². The molecule has 0 radical (unpaired) electrons. The number of halogens is 3. The Morgan fingerprint density at radius 2 is 2.07 bits per heavy atom. The summed E-state index contributed by atoms with van der Waals surface area (Å²) in [5, 5.41) is 11.8. The Labute approximate surface area is 194 Å². The van der Waals surface area contributed by atoms with Crippen LogP contribution >= 0.6 is 57.9 Å². The Balaban J connectivity index is 1.71. The number of rotatable bonds is 6. The number of carboxylic acid groups (broad SMARTS) is 1. The minimum Gasteiger partial charge on any atom is -0.481 e. The number of thioether (sulfide) groups is 1. The first-order valence-electron chi connectivity index (χ1n) is 8.46. The second-order valence-corrected chi connectivity index (χ2v) is 10.5. The van der Waals surface area contributed by atoms with Gasteiger partial charge in [-0.1, -0.05) is 34.8 Å². The van der Waals surface area contributed by atoms with Crippen LogP contribution in [0.3, 0.4) is 0 Å². The molecule has 2 saturated heterocycles. The summed E-state index contributed by atoms with van der Waals surface area (Å²) in [5.41, 5.74) is -1.41. The van der Waals surface area contributed by atoms with E-state index in [4.69, 9.17) is 39.5 Å². The van der Waals surface area contributed by atoms with Gasteiger partial charge in [0.15, 0.2) is 0 Å². The van der Waals surface area contributed by atoms with Gasteiger partial charge in [0, 0.05) is 24.1 Å². The number of ether oxygens (including phenoxy) is 1. The highest BCUT2D eigenvalue weighted by molar-refractivity contribution is 8.00. The lowest BCUT2D eigenvalue weighted by Crippen LogP contribution is -2.74. The van der Waals surface area contributed by atoms with Crippen LogP contribution in [0.4, 0.5) is 0 Å². The molecule has 2 aliphatic heterocycles. The fraction of sp³-hybridized carbons (Fsp3) is 0.412. The number of hydrogen-bond acceptors (Lipinski definition) is 7. The molecule has 0 spiro atoms. The number of β-lactam (4-membered cyclic amide) rings is 1. The highest BCUT2D eigenvalue weighted by Gasteiger charge is 2.58. The summed E-state index contributed by atoms with van der Waals surface area (Å²) < 4.78 is 5.08. The zero-order chi connectivity index (χ0) is 22.2. The first-order chi connectivity index (χ1) is 14.1. The van der Waals surface area contributed by atoms with E-state index in [2.05, 4.69) is 5.32 Å². The molecule has 2 amide bonds. The second kappa shape index (κ2) is 8.96. The number of carbonyl (C=O) groups excluding carboxylic acids is 3. The van der Waals surface area contributed by atoms with E-state index in [1.165, 1.54) is 23.6 Å². The summed E-state index contributed by atoms with van der Waals surface area (Å²) in [5.74, 6) is -2.74. The molecule has 0 aromatic carbocycles. The molecule has 13 heteroatoms. The minimum absolute atomic E-state index is 0.00275. The largest absolute Gasteiger partial charge is 0.481 e. The summed E-state index contributed by atoms with van der Waals surface area (Å²) in [4.78, 5) is 50.0. The van der Waals surface area contributed by atoms with Gasteiger partial charge in [0.25, 0.3) is 5.91 Å². The fourth-order valence-electron chi connectivity index (χ4n) is 3.10. The van der Waals surface area contributed by atoms with E-state index < -0.39 is 40.6 Å². The highest BCUT2D eigenvalue weighted by Crippen LogP contribution is 2.43. The zero-order valence-electron chi connectivity index (χ0n) is 15.3. The van der Waals surface area contributed by atoms with Gasteiger partial charge in [-0.05, 0) is 12.1 Å². The van der Waals surface area contributed by atoms with E-state index in [-0.39, 0.29) is 29.0 Å². The molecule has 1 aromatic rings. The Morgan fingerprint density at radius 3 is 2.60 bits per heavy atom. The molecule has 30 heavy (non-hydrogen) atoms. The fourth-order valence-corrected chi connectivity index (χ4v) is 6.20. The topological polar surface area (TPSA) is 113 Å². The Morgan fingerprint density at radius 1 is 1.37 bits per heavy atom. The van der Waals surface area contributed by atoms with Crippen molar-refractivity contribution in [3.05, 3.63) is 25.8 Å². The van der Waals surface area contributed by atoms with E-state index in [0.717, 1.165) is 11.3 Å². The van der Waals surface area contributed by atoms with Crippen LogP contribution in [0.1, 0.15) is 11.8 Å². The highest BCUT2D eigenvalue weighted by atomic mass is 35.5. The zero-order valence-corrected chi connectivity index (χ0v) is 19.2. The number of esters is 1. The van der Waals surface area contributed by atoms with Gasteiger partial charge in [-0.3, -0.25) is 19.2 Å². The maximum absolute atomic E-state index is 12.7. The number of aliphatic carboxylic acids is 1. The molecule has 3 heterocycles. The molecule has 1 aromatic heterocycles. The van der Waals surface area contributed by atoms with Crippen LogP contribution < -0.4 is 5.32 Å². The third-order valence-corrected chi connectivity index (χ3v) is 7.89. The monoisotopic (exact) mass is 512 g/mol. The van der Waals surface area contributed by atoms with Gasteiger partial charge in [0.2, 0.25) is 5.91 Å². The van der Waals surface area contributed by atoms with E-state index in [1.807, 2.05) is 0 Å². The summed E-state index contributed by atoms with van der Waals surface area (Å²) in [6, 6.07) is 2.32. The first-order valence-corrected chi connectivity index (χ1v) is 11.5. The predicted molar refractivity (Wildman–Crippen MR) is 115 cm³/mol. The van der Waals surface area contributed by atoms with E-state index in [9.17, 15) is 24.3 Å². The van der Waals surface area contributed by atoms with Crippen molar-refractivity contribution in [3.8, 4) is 0 Å². The average Bonchev–Trinajstić information content (AvgIpc) is 3.09. The van der Waals surface area contributed by atoms with Crippen molar-refractivity contribution in [3.63, 3.8) is 0 Å². The number of fused-ring (bicyclic) bond motifs is 1. The maximum Gasteiger partial charge on any atom is 0.315 e. The van der Waals surface area contributed by atoms with Gasteiger partial charge in [0.1, 0.15) is 27.9 Å². The minimum atomic E-state index is -1.41. The van der Waals surface area contributed by atoms with Gasteiger partial charge in [-0.2, -0.15) is 0 Å². The van der Waals surface area contributed by atoms with E-state index >= 15 is 0 Å². The number of nitrogens with one attached hydrogen (secondary N) is 1. The molecule has 8 nitrogen and oxygen atoms in total. The number of nitrogens with zero attached hydrogens (tertiary/aromatic N) is 1. The Hall–Kier alpha value is -1.46. The predicted octanol–water partition coefficient (Wildman–Crippen LogP) is 2.58. The summed E-state index contributed by atoms with van der Waals surface area (Å²) in [6.45, 7) is 0.715. The van der Waals surface area contributed by atoms with Crippen molar-refractivity contribution in [2.45, 2.75) is 18.3 Å². The van der Waals surface area contributed by atoms with Crippen LogP contribution in [0.2, 0.25) is 4.34 Å². The van der Waals surface area contributed by atoms with Crippen LogP contribution in [-0.2, 0) is 23.9 Å². The third kappa shape index (κ3) is 4.43. The molecule has 2 aliphatic rings. The van der Waals surface area contributed by atoms with Gasteiger partial charge in [-0.15, -0.1) is 23.1 Å². The van der Waals surface area contributed by atoms with Crippen molar-refractivity contribution in [1.82, 2.24) is 10.2 Å². The summed E-state index contributed by atoms with van der Waals surface area (Å²) >= 11 is 20.0. The summed E-state index contributed by atoms with van der Waals surface area (Å²) in [6.07, 6.45) is 0.